The standard InChI is InChI=1S/C21H19FN2O4S/c1-27-16-7-8-17(28-2)14(11-16)12-20(25)23-24-21(26)19-10-9-18(29-19)13-3-5-15(22)6-4-13/h3-11H,12H2,1-2H3,(H,23,25)(H,24,26). The summed E-state index contributed by atoms with van der Waals surface area (Å²) in [6, 6.07) is 14.6. The Labute approximate surface area is 171 Å². The molecule has 6 nitrogen and oxygen atoms in total. The Morgan fingerprint density at radius 3 is 2.41 bits per heavy atom. The fourth-order valence-corrected chi connectivity index (χ4v) is 3.56. The molecule has 0 radical (unpaired) electrons. The Bertz CT molecular complexity index is 1020. The van der Waals surface area contributed by atoms with Gasteiger partial charge in [-0.15, -0.1) is 11.3 Å². The van der Waals surface area contributed by atoms with Gasteiger partial charge >= 0.3 is 0 Å². The number of halogens is 1. The lowest BCUT2D eigenvalue weighted by atomic mass is 10.1. The van der Waals surface area contributed by atoms with Gasteiger partial charge in [0.1, 0.15) is 17.3 Å². The van der Waals surface area contributed by atoms with Crippen LogP contribution in [0.4, 0.5) is 4.39 Å². The van der Waals surface area contributed by atoms with E-state index in [0.717, 1.165) is 10.4 Å². The van der Waals surface area contributed by atoms with Crippen molar-refractivity contribution < 1.29 is 23.5 Å². The number of carbonyl (C=O) groups is 2. The molecule has 0 aliphatic heterocycles. The molecule has 1 heterocycles. The first-order valence-corrected chi connectivity index (χ1v) is 9.47. The molecule has 0 bridgehead atoms. The third-order valence-electron chi connectivity index (χ3n) is 4.11. The van der Waals surface area contributed by atoms with Crippen LogP contribution >= 0.6 is 11.3 Å². The van der Waals surface area contributed by atoms with E-state index >= 15 is 0 Å². The van der Waals surface area contributed by atoms with Gasteiger partial charge in [0.15, 0.2) is 0 Å². The molecule has 0 spiro atoms. The third kappa shape index (κ3) is 5.11. The number of carbonyl (C=O) groups excluding carboxylic acids is 2. The summed E-state index contributed by atoms with van der Waals surface area (Å²) in [7, 11) is 3.05. The van der Waals surface area contributed by atoms with Gasteiger partial charge in [-0.3, -0.25) is 20.4 Å². The van der Waals surface area contributed by atoms with Crippen molar-refractivity contribution in [2.24, 2.45) is 0 Å². The molecule has 0 saturated carbocycles. The van der Waals surface area contributed by atoms with E-state index < -0.39 is 11.8 Å². The molecule has 2 aromatic carbocycles. The number of hydrogen-bond acceptors (Lipinski definition) is 5. The van der Waals surface area contributed by atoms with E-state index in [-0.39, 0.29) is 12.2 Å². The summed E-state index contributed by atoms with van der Waals surface area (Å²) in [4.78, 5) is 25.8. The highest BCUT2D eigenvalue weighted by Crippen LogP contribution is 2.28. The largest absolute Gasteiger partial charge is 0.497 e. The van der Waals surface area contributed by atoms with Crippen molar-refractivity contribution in [2.75, 3.05) is 14.2 Å². The maximum Gasteiger partial charge on any atom is 0.279 e. The number of benzene rings is 2. The summed E-state index contributed by atoms with van der Waals surface area (Å²) in [6.45, 7) is 0. The molecule has 3 aromatic rings. The van der Waals surface area contributed by atoms with E-state index in [2.05, 4.69) is 10.9 Å². The number of ether oxygens (including phenoxy) is 2. The molecular weight excluding hydrogens is 395 g/mol. The highest BCUT2D eigenvalue weighted by molar-refractivity contribution is 7.17. The van der Waals surface area contributed by atoms with Crippen LogP contribution in [0.1, 0.15) is 15.2 Å². The molecule has 0 saturated heterocycles. The molecule has 150 valence electrons. The second-order valence-electron chi connectivity index (χ2n) is 6.03. The summed E-state index contributed by atoms with van der Waals surface area (Å²) >= 11 is 1.24. The molecule has 2 amide bonds. The molecule has 0 aliphatic carbocycles. The van der Waals surface area contributed by atoms with Gasteiger partial charge in [-0.25, -0.2) is 4.39 Å². The van der Waals surface area contributed by atoms with E-state index in [4.69, 9.17) is 9.47 Å². The van der Waals surface area contributed by atoms with Gasteiger partial charge < -0.3 is 9.47 Å². The van der Waals surface area contributed by atoms with Crippen LogP contribution in [0.3, 0.4) is 0 Å². The minimum atomic E-state index is -0.436. The first-order chi connectivity index (χ1) is 14.0. The number of thiophene rings is 1. The Kier molecular flexibility index (Phi) is 6.46. The van der Waals surface area contributed by atoms with Crippen molar-refractivity contribution in [1.29, 1.82) is 0 Å². The summed E-state index contributed by atoms with van der Waals surface area (Å²) in [5.41, 5.74) is 6.24. The van der Waals surface area contributed by atoms with Crippen molar-refractivity contribution >= 4 is 23.2 Å². The average Bonchev–Trinajstić information content (AvgIpc) is 3.23. The molecule has 3 rings (SSSR count). The Morgan fingerprint density at radius 2 is 1.72 bits per heavy atom. The zero-order valence-corrected chi connectivity index (χ0v) is 16.6. The molecule has 29 heavy (non-hydrogen) atoms. The second kappa shape index (κ2) is 9.20. The number of amides is 2. The Morgan fingerprint density at radius 1 is 0.966 bits per heavy atom. The number of nitrogens with one attached hydrogen (secondary N) is 2. The van der Waals surface area contributed by atoms with Gasteiger partial charge in [0.2, 0.25) is 5.91 Å². The Balaban J connectivity index is 1.59. The lowest BCUT2D eigenvalue weighted by molar-refractivity contribution is -0.121. The van der Waals surface area contributed by atoms with Crippen LogP contribution < -0.4 is 20.3 Å². The third-order valence-corrected chi connectivity index (χ3v) is 5.25. The summed E-state index contributed by atoms with van der Waals surface area (Å²) in [6.07, 6.45) is 0.00588. The zero-order valence-electron chi connectivity index (χ0n) is 15.8. The molecular formula is C21H19FN2O4S. The van der Waals surface area contributed by atoms with Gasteiger partial charge in [-0.2, -0.15) is 0 Å². The summed E-state index contributed by atoms with van der Waals surface area (Å²) in [5, 5.41) is 0. The highest BCUT2D eigenvalue weighted by atomic mass is 32.1. The second-order valence-corrected chi connectivity index (χ2v) is 7.11. The zero-order chi connectivity index (χ0) is 20.8. The van der Waals surface area contributed by atoms with E-state index in [9.17, 15) is 14.0 Å². The number of hydrogen-bond donors (Lipinski definition) is 2. The van der Waals surface area contributed by atoms with Gasteiger partial charge in [0, 0.05) is 10.4 Å². The first-order valence-electron chi connectivity index (χ1n) is 8.66. The molecule has 0 unspecified atom stereocenters. The molecule has 1 aromatic heterocycles. The molecule has 8 heteroatoms. The average molecular weight is 414 g/mol. The van der Waals surface area contributed by atoms with E-state index in [0.29, 0.717) is 21.9 Å². The van der Waals surface area contributed by atoms with E-state index in [1.807, 2.05) is 0 Å². The van der Waals surface area contributed by atoms with Crippen LogP contribution in [0, 0.1) is 5.82 Å². The normalized spacial score (nSPS) is 10.3. The predicted octanol–water partition coefficient (Wildman–Crippen LogP) is 3.58. The topological polar surface area (TPSA) is 76.7 Å². The quantitative estimate of drug-likeness (QED) is 0.605. The van der Waals surface area contributed by atoms with Crippen molar-refractivity contribution in [3.05, 3.63) is 70.9 Å². The Hall–Kier alpha value is -3.39. The van der Waals surface area contributed by atoms with Gasteiger partial charge in [-0.1, -0.05) is 12.1 Å². The lowest BCUT2D eigenvalue weighted by Crippen LogP contribution is -2.42. The van der Waals surface area contributed by atoms with Gasteiger partial charge in [0.25, 0.3) is 5.91 Å². The maximum atomic E-state index is 13.0. The first kappa shape index (κ1) is 20.3. The van der Waals surface area contributed by atoms with Crippen molar-refractivity contribution in [3.63, 3.8) is 0 Å². The maximum absolute atomic E-state index is 13.0. The number of methoxy groups -OCH3 is 2. The number of hydrazine groups is 1. The van der Waals surface area contributed by atoms with Crippen molar-refractivity contribution in [2.45, 2.75) is 6.42 Å². The van der Waals surface area contributed by atoms with Crippen LogP contribution in [-0.2, 0) is 11.2 Å². The van der Waals surface area contributed by atoms with Crippen LogP contribution in [0.25, 0.3) is 10.4 Å². The minimum Gasteiger partial charge on any atom is -0.497 e. The highest BCUT2D eigenvalue weighted by Gasteiger charge is 2.14. The van der Waals surface area contributed by atoms with E-state index in [1.165, 1.54) is 37.7 Å². The molecule has 2 N–H and O–H groups in total. The SMILES string of the molecule is COc1ccc(OC)c(CC(=O)NNC(=O)c2ccc(-c3ccc(F)cc3)s2)c1. The fourth-order valence-electron chi connectivity index (χ4n) is 2.65. The van der Waals surface area contributed by atoms with Gasteiger partial charge in [0.05, 0.1) is 25.5 Å². The molecule has 0 aliphatic rings. The van der Waals surface area contributed by atoms with Crippen LogP contribution in [-0.4, -0.2) is 26.0 Å². The van der Waals surface area contributed by atoms with Gasteiger partial charge in [-0.05, 0) is 48.0 Å². The van der Waals surface area contributed by atoms with Crippen molar-refractivity contribution in [1.82, 2.24) is 10.9 Å². The molecule has 0 atom stereocenters. The van der Waals surface area contributed by atoms with E-state index in [1.54, 1.807) is 42.5 Å². The summed E-state index contributed by atoms with van der Waals surface area (Å²) < 4.78 is 23.5. The number of rotatable bonds is 6. The van der Waals surface area contributed by atoms with Crippen molar-refractivity contribution in [3.8, 4) is 21.9 Å². The minimum absolute atomic E-state index is 0.00588. The van der Waals surface area contributed by atoms with Crippen LogP contribution in [0.2, 0.25) is 0 Å². The van der Waals surface area contributed by atoms with Crippen LogP contribution in [0.15, 0.2) is 54.6 Å². The lowest BCUT2D eigenvalue weighted by Gasteiger charge is -2.11. The summed E-state index contributed by atoms with van der Waals surface area (Å²) in [5.74, 6) is -0.00722. The monoisotopic (exact) mass is 414 g/mol. The smallest absolute Gasteiger partial charge is 0.279 e. The fraction of sp³-hybridized carbons (Fsp3) is 0.143. The van der Waals surface area contributed by atoms with Crippen LogP contribution in [0.5, 0.6) is 11.5 Å². The predicted molar refractivity (Wildman–Crippen MR) is 109 cm³/mol. The molecule has 0 fully saturated rings.